The monoisotopic (exact) mass is 395 g/mol. The number of carbonyl (C=O) groups excluding carboxylic acids is 2. The van der Waals surface area contributed by atoms with Gasteiger partial charge in [-0.15, -0.1) is 0 Å². The van der Waals surface area contributed by atoms with Crippen molar-refractivity contribution in [2.24, 2.45) is 5.92 Å². The molecule has 2 aliphatic rings. The number of benzene rings is 1. The summed E-state index contributed by atoms with van der Waals surface area (Å²) in [4.78, 5) is 26.8. The van der Waals surface area contributed by atoms with E-state index < -0.39 is 12.1 Å². The molecule has 27 heavy (non-hydrogen) atoms. The molecule has 1 aliphatic heterocycles. The lowest BCUT2D eigenvalue weighted by atomic mass is 10.1. The molecular formula is C19H26ClN3O4. The van der Waals surface area contributed by atoms with Crippen LogP contribution in [0, 0.1) is 5.92 Å². The van der Waals surface area contributed by atoms with E-state index in [-0.39, 0.29) is 37.3 Å². The Bertz CT molecular complexity index is 694. The molecule has 148 valence electrons. The van der Waals surface area contributed by atoms with Crippen LogP contribution in [0.4, 0.5) is 5.69 Å². The first kappa shape index (κ1) is 19.9. The maximum atomic E-state index is 12.6. The lowest BCUT2D eigenvalue weighted by Gasteiger charge is -2.20. The topological polar surface area (TPSA) is 102 Å². The maximum absolute atomic E-state index is 12.6. The van der Waals surface area contributed by atoms with Gasteiger partial charge in [0.15, 0.2) is 0 Å². The first-order valence-corrected chi connectivity index (χ1v) is 9.79. The van der Waals surface area contributed by atoms with E-state index in [1.54, 1.807) is 12.1 Å². The summed E-state index contributed by atoms with van der Waals surface area (Å²) in [6.45, 7) is 2.00. The fourth-order valence-electron chi connectivity index (χ4n) is 3.82. The second-order valence-corrected chi connectivity index (χ2v) is 7.60. The molecule has 1 aliphatic carbocycles. The number of aliphatic hydroxyl groups excluding tert-OH is 2. The third kappa shape index (κ3) is 4.72. The minimum Gasteiger partial charge on any atom is -0.395 e. The van der Waals surface area contributed by atoms with Crippen molar-refractivity contribution in [3.05, 3.63) is 28.8 Å². The molecule has 3 rings (SSSR count). The highest BCUT2D eigenvalue weighted by Gasteiger charge is 2.37. The van der Waals surface area contributed by atoms with Gasteiger partial charge in [0, 0.05) is 31.1 Å². The van der Waals surface area contributed by atoms with Gasteiger partial charge in [0.2, 0.25) is 5.91 Å². The van der Waals surface area contributed by atoms with Gasteiger partial charge in [-0.1, -0.05) is 11.6 Å². The Labute approximate surface area is 163 Å². The van der Waals surface area contributed by atoms with Crippen molar-refractivity contribution in [1.82, 2.24) is 10.6 Å². The molecule has 4 N–H and O–H groups in total. The van der Waals surface area contributed by atoms with Gasteiger partial charge in [-0.3, -0.25) is 9.59 Å². The smallest absolute Gasteiger partial charge is 0.251 e. The van der Waals surface area contributed by atoms with Crippen molar-refractivity contribution in [1.29, 1.82) is 0 Å². The molecule has 2 fully saturated rings. The molecule has 1 heterocycles. The molecule has 0 aromatic heterocycles. The van der Waals surface area contributed by atoms with Crippen LogP contribution in [0.2, 0.25) is 5.02 Å². The van der Waals surface area contributed by atoms with Crippen molar-refractivity contribution in [2.75, 3.05) is 31.1 Å². The Balaban J connectivity index is 1.60. The zero-order valence-corrected chi connectivity index (χ0v) is 15.9. The van der Waals surface area contributed by atoms with E-state index in [1.165, 1.54) is 0 Å². The molecule has 1 saturated carbocycles. The van der Waals surface area contributed by atoms with Crippen LogP contribution in [-0.4, -0.2) is 60.4 Å². The van der Waals surface area contributed by atoms with Crippen LogP contribution < -0.4 is 15.5 Å². The third-order valence-corrected chi connectivity index (χ3v) is 5.59. The molecule has 8 heteroatoms. The van der Waals surface area contributed by atoms with E-state index in [9.17, 15) is 14.7 Å². The van der Waals surface area contributed by atoms with E-state index in [1.807, 2.05) is 6.07 Å². The standard InChI is InChI=1S/C19H26ClN3O4/c20-14-9-12(3-4-16(14)23-6-1-2-7-23)19(27)22-15-10-13(11-17(15)25)18(26)21-5-8-24/h3-4,9,13,15,17,24-25H,1-2,5-8,10-11H2,(H,21,26)(H,22,27)/t13-,15-,17-/m0/s1. The summed E-state index contributed by atoms with van der Waals surface area (Å²) in [5.41, 5.74) is 1.37. The van der Waals surface area contributed by atoms with Crippen LogP contribution >= 0.6 is 11.6 Å². The van der Waals surface area contributed by atoms with Gasteiger partial charge in [-0.05, 0) is 43.9 Å². The summed E-state index contributed by atoms with van der Waals surface area (Å²) in [5.74, 6) is -0.902. The highest BCUT2D eigenvalue weighted by atomic mass is 35.5. The number of rotatable bonds is 6. The average molecular weight is 396 g/mol. The van der Waals surface area contributed by atoms with Crippen LogP contribution in [0.5, 0.6) is 0 Å². The molecule has 0 unspecified atom stereocenters. The normalized spacial score (nSPS) is 24.9. The van der Waals surface area contributed by atoms with Crippen molar-refractivity contribution in [2.45, 2.75) is 37.8 Å². The summed E-state index contributed by atoms with van der Waals surface area (Å²) in [6, 6.07) is 4.76. The molecule has 1 saturated heterocycles. The number of nitrogens with one attached hydrogen (secondary N) is 2. The SMILES string of the molecule is O=C(N[C@H]1C[C@H](C(=O)NCCO)C[C@@H]1O)c1ccc(N2CCCC2)c(Cl)c1. The van der Waals surface area contributed by atoms with Crippen molar-refractivity contribution in [3.63, 3.8) is 0 Å². The lowest BCUT2D eigenvalue weighted by Crippen LogP contribution is -2.40. The largest absolute Gasteiger partial charge is 0.395 e. The van der Waals surface area contributed by atoms with Gasteiger partial charge < -0.3 is 25.7 Å². The summed E-state index contributed by atoms with van der Waals surface area (Å²) in [5, 5.41) is 24.9. The fraction of sp³-hybridized carbons (Fsp3) is 0.579. The zero-order valence-electron chi connectivity index (χ0n) is 15.2. The number of amides is 2. The first-order chi connectivity index (χ1) is 13.0. The van der Waals surface area contributed by atoms with Crippen molar-refractivity contribution >= 4 is 29.1 Å². The molecule has 0 radical (unpaired) electrons. The van der Waals surface area contributed by atoms with Gasteiger partial charge >= 0.3 is 0 Å². The molecule has 1 aromatic rings. The summed E-state index contributed by atoms with van der Waals surface area (Å²) >= 11 is 6.37. The number of hydrogen-bond donors (Lipinski definition) is 4. The maximum Gasteiger partial charge on any atom is 0.251 e. The predicted molar refractivity (Wildman–Crippen MR) is 103 cm³/mol. The van der Waals surface area contributed by atoms with Gasteiger partial charge in [-0.2, -0.15) is 0 Å². The van der Waals surface area contributed by atoms with Crippen LogP contribution in [0.15, 0.2) is 18.2 Å². The average Bonchev–Trinajstić information content (AvgIpc) is 3.30. The Kier molecular flexibility index (Phi) is 6.57. The number of hydrogen-bond acceptors (Lipinski definition) is 5. The molecule has 2 amide bonds. The second kappa shape index (κ2) is 8.91. The van der Waals surface area contributed by atoms with E-state index in [0.29, 0.717) is 17.0 Å². The van der Waals surface area contributed by atoms with Gasteiger partial charge in [-0.25, -0.2) is 0 Å². The molecule has 0 spiro atoms. The summed E-state index contributed by atoms with van der Waals surface area (Å²) < 4.78 is 0. The van der Waals surface area contributed by atoms with E-state index in [2.05, 4.69) is 15.5 Å². The quantitative estimate of drug-likeness (QED) is 0.573. The Morgan fingerprint density at radius 1 is 1.22 bits per heavy atom. The lowest BCUT2D eigenvalue weighted by molar-refractivity contribution is -0.125. The van der Waals surface area contributed by atoms with E-state index in [0.717, 1.165) is 31.6 Å². The van der Waals surface area contributed by atoms with Crippen LogP contribution in [0.3, 0.4) is 0 Å². The zero-order chi connectivity index (χ0) is 19.4. The fourth-order valence-corrected chi connectivity index (χ4v) is 4.12. The van der Waals surface area contributed by atoms with Crippen molar-refractivity contribution in [3.8, 4) is 0 Å². The van der Waals surface area contributed by atoms with E-state index in [4.69, 9.17) is 16.7 Å². The van der Waals surface area contributed by atoms with Gasteiger partial charge in [0.25, 0.3) is 5.91 Å². The van der Waals surface area contributed by atoms with Crippen LogP contribution in [0.25, 0.3) is 0 Å². The molecule has 7 nitrogen and oxygen atoms in total. The second-order valence-electron chi connectivity index (χ2n) is 7.19. The number of halogens is 1. The number of nitrogens with zero attached hydrogens (tertiary/aromatic N) is 1. The highest BCUT2D eigenvalue weighted by Crippen LogP contribution is 2.30. The first-order valence-electron chi connectivity index (χ1n) is 9.41. The molecule has 3 atom stereocenters. The third-order valence-electron chi connectivity index (χ3n) is 5.28. The van der Waals surface area contributed by atoms with Crippen LogP contribution in [0.1, 0.15) is 36.0 Å². The minimum absolute atomic E-state index is 0.130. The molecular weight excluding hydrogens is 370 g/mol. The predicted octanol–water partition coefficient (Wildman–Crippen LogP) is 0.918. The Morgan fingerprint density at radius 3 is 2.63 bits per heavy atom. The van der Waals surface area contributed by atoms with Gasteiger partial charge in [0.05, 0.1) is 29.5 Å². The Hall–Kier alpha value is -1.83. The highest BCUT2D eigenvalue weighted by molar-refractivity contribution is 6.33. The number of aliphatic hydroxyl groups is 2. The van der Waals surface area contributed by atoms with Gasteiger partial charge in [0.1, 0.15) is 0 Å². The Morgan fingerprint density at radius 2 is 1.96 bits per heavy atom. The summed E-state index contributed by atoms with van der Waals surface area (Å²) in [6.07, 6.45) is 2.16. The number of carbonyl (C=O) groups is 2. The molecule has 1 aromatic carbocycles. The number of anilines is 1. The van der Waals surface area contributed by atoms with Crippen LogP contribution in [-0.2, 0) is 4.79 Å². The summed E-state index contributed by atoms with van der Waals surface area (Å²) in [7, 11) is 0. The van der Waals surface area contributed by atoms with E-state index >= 15 is 0 Å². The van der Waals surface area contributed by atoms with Crippen molar-refractivity contribution < 1.29 is 19.8 Å². The minimum atomic E-state index is -0.779. The molecule has 0 bridgehead atoms.